The van der Waals surface area contributed by atoms with Crippen molar-refractivity contribution in [3.8, 4) is 0 Å². The van der Waals surface area contributed by atoms with E-state index in [0.29, 0.717) is 127 Å². The van der Waals surface area contributed by atoms with Gasteiger partial charge in [0.05, 0.1) is 77.0 Å². The topological polar surface area (TPSA) is 306 Å². The average molecular weight is 1130 g/mol. The molecular weight excluding hydrogens is 1100 g/mol. The second-order valence-corrected chi connectivity index (χ2v) is 17.1. The van der Waals surface area contributed by atoms with Crippen LogP contribution in [0.2, 0.25) is 0 Å². The van der Waals surface area contributed by atoms with Crippen LogP contribution in [0.1, 0.15) is 0 Å². The average Bonchev–Trinajstić information content (AvgIpc) is 3.33. The Morgan fingerprint density at radius 3 is 1.47 bits per heavy atom. The van der Waals surface area contributed by atoms with Crippen LogP contribution in [-0.2, 0) is 43.0 Å². The minimum atomic E-state index is -4.74. The summed E-state index contributed by atoms with van der Waals surface area (Å²) in [7, 11) is -4.74. The van der Waals surface area contributed by atoms with Gasteiger partial charge in [-0.1, -0.05) is 12.1 Å². The first-order valence-electron chi connectivity index (χ1n) is 18.8. The Kier molecular flexibility index (Phi) is 28.6. The Morgan fingerprint density at radius 2 is 1.00 bits per heavy atom. The zero-order chi connectivity index (χ0) is 45.9. The van der Waals surface area contributed by atoms with Gasteiger partial charge in [-0.3, -0.25) is 15.1 Å². The summed E-state index contributed by atoms with van der Waals surface area (Å²) in [5, 5.41) is 67.8. The molecule has 2 N–H and O–H groups in total. The normalized spacial score (nSPS) is 12.6. The van der Waals surface area contributed by atoms with Gasteiger partial charge in [-0.05, 0) is 108 Å². The van der Waals surface area contributed by atoms with Crippen LogP contribution in [0.5, 0.6) is 0 Å². The molecule has 1 fully saturated rings. The standard InChI is InChI=1S/C39H32N10O13S4.4K/c50-57-60-63-29-9-11-33-23(17-29)18-30(64-61-58-51)21-35(33)47-45-27-5-1-25(2-6-27)40-37-42-38(44-39(43-37)49-13-15-56-16-14-49)41-26-3-7-28(8-4-26)46-48-36-22-31(65-62-59-52)19-24-20-32(66(53,54)55)10-12-34(24)36;;;;/h1-12,17-22,50-52H,13-16H2,(H,53,54,55)(H2,40,41,42,43,44);;;;/q;4*+1/p-4. The Labute approximate surface area is 581 Å². The van der Waals surface area contributed by atoms with Crippen LogP contribution >= 0.6 is 36.1 Å². The first-order chi connectivity index (χ1) is 32.1. The van der Waals surface area contributed by atoms with E-state index in [4.69, 9.17) is 4.74 Å². The van der Waals surface area contributed by atoms with E-state index >= 15 is 0 Å². The molecule has 1 aromatic heterocycles. The van der Waals surface area contributed by atoms with E-state index in [1.54, 1.807) is 84.9 Å². The number of aromatic nitrogens is 3. The molecule has 8 rings (SSSR count). The van der Waals surface area contributed by atoms with Crippen LogP contribution in [0.15, 0.2) is 149 Å². The van der Waals surface area contributed by atoms with E-state index in [1.165, 1.54) is 24.3 Å². The molecule has 1 aliphatic rings. The summed E-state index contributed by atoms with van der Waals surface area (Å²) in [6, 6.07) is 29.4. The van der Waals surface area contributed by atoms with Crippen LogP contribution in [-0.4, -0.2) is 54.2 Å². The summed E-state index contributed by atoms with van der Waals surface area (Å²) >= 11 is 1.98. The maximum absolute atomic E-state index is 11.7. The number of nitrogens with zero attached hydrogens (tertiary/aromatic N) is 8. The van der Waals surface area contributed by atoms with E-state index in [-0.39, 0.29) is 217 Å². The van der Waals surface area contributed by atoms with Gasteiger partial charge in [-0.25, -0.2) is 8.42 Å². The number of anilines is 5. The molecule has 0 unspecified atom stereocenters. The number of ether oxygens (including phenoxy) is 1. The van der Waals surface area contributed by atoms with Gasteiger partial charge in [-0.2, -0.15) is 38.2 Å². The van der Waals surface area contributed by atoms with Crippen molar-refractivity contribution in [2.45, 2.75) is 19.6 Å². The fraction of sp³-hybridized carbons (Fsp3) is 0.103. The van der Waals surface area contributed by atoms with Crippen molar-refractivity contribution < 1.29 is 267 Å². The van der Waals surface area contributed by atoms with Crippen LogP contribution < -0.4 is 237 Å². The van der Waals surface area contributed by atoms with Crippen LogP contribution in [0.25, 0.3) is 21.5 Å². The molecule has 0 atom stereocenters. The van der Waals surface area contributed by atoms with E-state index in [9.17, 15) is 28.7 Å². The summed E-state index contributed by atoms with van der Waals surface area (Å²) in [5.41, 5.74) is 2.98. The summed E-state index contributed by atoms with van der Waals surface area (Å²) in [5.74, 6) is 0.921. The molecule has 23 nitrogen and oxygen atoms in total. The second-order valence-electron chi connectivity index (χ2n) is 13.4. The first kappa shape index (κ1) is 63.1. The Bertz CT molecular complexity index is 3010. The zero-order valence-electron chi connectivity index (χ0n) is 37.2. The summed E-state index contributed by atoms with van der Waals surface area (Å²) in [6.45, 7) is 2.14. The van der Waals surface area contributed by atoms with Crippen molar-refractivity contribution >= 4 is 120 Å². The van der Waals surface area contributed by atoms with Crippen LogP contribution in [0, 0.1) is 0 Å². The predicted octanol–water partition coefficient (Wildman–Crippen LogP) is -5.06. The van der Waals surface area contributed by atoms with Gasteiger partial charge in [0.2, 0.25) is 17.8 Å². The number of benzene rings is 6. The van der Waals surface area contributed by atoms with Crippen molar-refractivity contribution in [2.24, 2.45) is 20.5 Å². The molecule has 0 radical (unpaired) electrons. The molecule has 340 valence electrons. The molecule has 0 amide bonds. The number of nitrogens with one attached hydrogen (secondary N) is 2. The largest absolute Gasteiger partial charge is 1.00 e. The van der Waals surface area contributed by atoms with E-state index in [1.807, 2.05) is 4.90 Å². The quantitative estimate of drug-likeness (QED) is 0.0191. The minimum absolute atomic E-state index is 0. The van der Waals surface area contributed by atoms with E-state index < -0.39 is 15.0 Å². The van der Waals surface area contributed by atoms with Crippen molar-refractivity contribution in [1.29, 1.82) is 0 Å². The van der Waals surface area contributed by atoms with Gasteiger partial charge in [0.25, 0.3) is 0 Å². The fourth-order valence-electron chi connectivity index (χ4n) is 6.32. The molecule has 6 aromatic carbocycles. The monoisotopic (exact) mass is 1130 g/mol. The molecule has 0 saturated carbocycles. The Hall–Kier alpha value is 0.555. The number of rotatable bonds is 19. The Balaban J connectivity index is 0.00000266. The third-order valence-corrected chi connectivity index (χ3v) is 11.7. The Morgan fingerprint density at radius 1 is 0.557 bits per heavy atom. The van der Waals surface area contributed by atoms with E-state index in [0.717, 1.165) is 12.0 Å². The van der Waals surface area contributed by atoms with Gasteiger partial charge in [0, 0.05) is 49.9 Å². The number of hydrogen-bond acceptors (Lipinski definition) is 26. The molecule has 0 spiro atoms. The number of hydrogen-bond donors (Lipinski definition) is 2. The molecule has 7 aromatic rings. The van der Waals surface area contributed by atoms with Gasteiger partial charge >= 0.3 is 206 Å². The van der Waals surface area contributed by atoms with Crippen molar-refractivity contribution in [1.82, 2.24) is 15.0 Å². The molecule has 0 bridgehead atoms. The maximum Gasteiger partial charge on any atom is 1.00 e. The van der Waals surface area contributed by atoms with Crippen LogP contribution in [0.4, 0.5) is 52.0 Å². The molecule has 70 heavy (non-hydrogen) atoms. The predicted molar refractivity (Wildman–Crippen MR) is 231 cm³/mol. The molecule has 0 aliphatic carbocycles. The molecular formula is C39H28K4N10O13S4. The van der Waals surface area contributed by atoms with Gasteiger partial charge in [0.1, 0.15) is 10.1 Å². The van der Waals surface area contributed by atoms with Crippen molar-refractivity contribution in [2.75, 3.05) is 41.8 Å². The minimum Gasteiger partial charge on any atom is -0.744 e. The SMILES string of the molecule is O=S(=O)([O-])c1ccc2c(N=Nc3ccc(Nc4nc(Nc5ccc(N=Nc6cc(SOO[O-])cc7cc(SOO[O-])ccc67)cc5)nc(N5CCOCC5)n4)cc3)cc(SOO[O-])cc2c1.[K+].[K+].[K+].[K+]. The molecule has 1 saturated heterocycles. The smallest absolute Gasteiger partial charge is 0.744 e. The van der Waals surface area contributed by atoms with Gasteiger partial charge in [-0.15, -0.1) is 10.2 Å². The molecule has 2 heterocycles. The maximum atomic E-state index is 11.7. The van der Waals surface area contributed by atoms with Crippen molar-refractivity contribution in [3.05, 3.63) is 109 Å². The van der Waals surface area contributed by atoms with Crippen LogP contribution in [0.3, 0.4) is 0 Å². The summed E-state index contributed by atoms with van der Waals surface area (Å²) in [4.78, 5) is 16.9. The summed E-state index contributed by atoms with van der Waals surface area (Å²) < 4.78 is 53.8. The second kappa shape index (κ2) is 31.7. The number of fused-ring (bicyclic) bond motifs is 2. The third kappa shape index (κ3) is 18.4. The molecule has 31 heteroatoms. The first-order valence-corrected chi connectivity index (χ1v) is 22.4. The third-order valence-electron chi connectivity index (χ3n) is 9.23. The number of morpholine rings is 1. The van der Waals surface area contributed by atoms with Gasteiger partial charge < -0.3 is 40.6 Å². The number of azo groups is 2. The fourth-order valence-corrected chi connectivity index (χ4v) is 8.11. The summed E-state index contributed by atoms with van der Waals surface area (Å²) in [6.07, 6.45) is 0. The van der Waals surface area contributed by atoms with Gasteiger partial charge in [0.15, 0.2) is 0 Å². The van der Waals surface area contributed by atoms with Crippen molar-refractivity contribution in [3.63, 3.8) is 0 Å². The zero-order valence-corrected chi connectivity index (χ0v) is 53.0. The molecule has 1 aliphatic heterocycles. The van der Waals surface area contributed by atoms with E-state index in [2.05, 4.69) is 74.2 Å².